The van der Waals surface area contributed by atoms with Gasteiger partial charge in [-0.25, -0.2) is 0 Å². The molecule has 0 amide bonds. The van der Waals surface area contributed by atoms with Crippen molar-refractivity contribution in [3.8, 4) is 0 Å². The molecule has 0 saturated carbocycles. The van der Waals surface area contributed by atoms with Gasteiger partial charge in [0.15, 0.2) is 0 Å². The average Bonchev–Trinajstić information content (AvgIpc) is 1.65. The van der Waals surface area contributed by atoms with Crippen molar-refractivity contribution < 1.29 is 0 Å². The molecule has 3 heteroatoms. The summed E-state index contributed by atoms with van der Waals surface area (Å²) in [5, 5.41) is 0. The summed E-state index contributed by atoms with van der Waals surface area (Å²) >= 11 is -1.72. The minimum atomic E-state index is -1.72. The third-order valence-corrected chi connectivity index (χ3v) is 8.34. The summed E-state index contributed by atoms with van der Waals surface area (Å²) in [7, 11) is 11.4. The van der Waals surface area contributed by atoms with E-state index in [-0.39, 0.29) is 0 Å². The first-order chi connectivity index (χ1) is 3.18. The number of hydrogen-bond donors (Lipinski definition) is 0. The van der Waals surface area contributed by atoms with E-state index >= 15 is 0 Å². The van der Waals surface area contributed by atoms with Crippen LogP contribution in [0, 0.1) is 0 Å². The summed E-state index contributed by atoms with van der Waals surface area (Å²) in [6.45, 7) is 4.23. The second-order valence-electron chi connectivity index (χ2n) is 1.72. The molecule has 0 aromatic rings. The quantitative estimate of drug-likeness (QED) is 0.598. The number of halogens is 2. The van der Waals surface area contributed by atoms with E-state index in [1.165, 1.54) is 0 Å². The summed E-state index contributed by atoms with van der Waals surface area (Å²) in [6, 6.07) is 0. The Morgan fingerprint density at radius 2 is 2.00 bits per heavy atom. The van der Waals surface area contributed by atoms with E-state index in [0.29, 0.717) is 4.47 Å². The van der Waals surface area contributed by atoms with Crippen molar-refractivity contribution in [1.29, 1.82) is 0 Å². The second kappa shape index (κ2) is 4.13. The van der Waals surface area contributed by atoms with Gasteiger partial charge in [-0.3, -0.25) is 0 Å². The molecule has 1 atom stereocenters. The molecule has 0 aliphatic carbocycles. The van der Waals surface area contributed by atoms with Gasteiger partial charge in [-0.15, -0.1) is 0 Å². The molecule has 0 bridgehead atoms. The van der Waals surface area contributed by atoms with Gasteiger partial charge >= 0.3 is 58.2 Å². The molecular formula is C4H9Cl2Ga. The SMILES string of the molecule is CC[CH](C)[Ga]([Cl])[Cl]. The molecule has 0 aliphatic heterocycles. The summed E-state index contributed by atoms with van der Waals surface area (Å²) in [5.41, 5.74) is 0. The van der Waals surface area contributed by atoms with Gasteiger partial charge < -0.3 is 0 Å². The molecule has 0 aliphatic rings. The first-order valence-electron chi connectivity index (χ1n) is 2.46. The van der Waals surface area contributed by atoms with Gasteiger partial charge in [-0.05, 0) is 0 Å². The van der Waals surface area contributed by atoms with Crippen molar-refractivity contribution >= 4 is 33.5 Å². The molecule has 0 N–H and O–H groups in total. The van der Waals surface area contributed by atoms with Gasteiger partial charge in [0.05, 0.1) is 0 Å². The summed E-state index contributed by atoms with van der Waals surface area (Å²) in [4.78, 5) is 0. The van der Waals surface area contributed by atoms with Crippen molar-refractivity contribution in [2.24, 2.45) is 0 Å². The van der Waals surface area contributed by atoms with Crippen molar-refractivity contribution in [3.05, 3.63) is 0 Å². The van der Waals surface area contributed by atoms with Crippen LogP contribution in [0.5, 0.6) is 0 Å². The molecule has 42 valence electrons. The zero-order chi connectivity index (χ0) is 5.86. The summed E-state index contributed by atoms with van der Waals surface area (Å²) in [5.74, 6) is 0. The first-order valence-corrected chi connectivity index (χ1v) is 10.2. The topological polar surface area (TPSA) is 0 Å². The number of hydrogen-bond acceptors (Lipinski definition) is 0. The van der Waals surface area contributed by atoms with Crippen molar-refractivity contribution in [2.75, 3.05) is 0 Å². The fourth-order valence-electron chi connectivity index (χ4n) is 0.178. The van der Waals surface area contributed by atoms with Crippen LogP contribution in [-0.4, -0.2) is 14.2 Å². The van der Waals surface area contributed by atoms with Crippen molar-refractivity contribution in [2.45, 2.75) is 24.7 Å². The molecular weight excluding hydrogens is 189 g/mol. The first kappa shape index (κ1) is 8.22. The molecule has 0 aromatic carbocycles. The van der Waals surface area contributed by atoms with Gasteiger partial charge in [0, 0.05) is 0 Å². The Kier molecular flexibility index (Phi) is 4.85. The van der Waals surface area contributed by atoms with Crippen molar-refractivity contribution in [3.63, 3.8) is 0 Å². The predicted octanol–water partition coefficient (Wildman–Crippen LogP) is 2.75. The van der Waals surface area contributed by atoms with E-state index in [2.05, 4.69) is 13.8 Å². The molecule has 0 fully saturated rings. The molecule has 7 heavy (non-hydrogen) atoms. The Bertz CT molecular complexity index is 47.0. The Morgan fingerprint density at radius 1 is 1.57 bits per heavy atom. The molecule has 0 spiro atoms. The van der Waals surface area contributed by atoms with Crippen molar-refractivity contribution in [1.82, 2.24) is 0 Å². The van der Waals surface area contributed by atoms with E-state index in [1.807, 2.05) is 0 Å². The van der Waals surface area contributed by atoms with Crippen LogP contribution in [0.25, 0.3) is 0 Å². The monoisotopic (exact) mass is 196 g/mol. The van der Waals surface area contributed by atoms with E-state index in [0.717, 1.165) is 6.42 Å². The number of rotatable bonds is 2. The van der Waals surface area contributed by atoms with Gasteiger partial charge in [0.1, 0.15) is 0 Å². The van der Waals surface area contributed by atoms with Crippen LogP contribution in [0.3, 0.4) is 0 Å². The maximum absolute atomic E-state index is 5.68. The zero-order valence-electron chi connectivity index (χ0n) is 4.62. The van der Waals surface area contributed by atoms with Crippen LogP contribution < -0.4 is 0 Å². The molecule has 0 saturated heterocycles. The van der Waals surface area contributed by atoms with Gasteiger partial charge in [0.25, 0.3) is 0 Å². The normalized spacial score (nSPS) is 13.7. The fourth-order valence-corrected chi connectivity index (χ4v) is 2.78. The maximum atomic E-state index is 5.68. The van der Waals surface area contributed by atoms with Crippen LogP contribution in [-0.2, 0) is 0 Å². The molecule has 0 aromatic heterocycles. The minimum absolute atomic E-state index is 0.621. The predicted molar refractivity (Wildman–Crippen MR) is 37.2 cm³/mol. The Balaban J connectivity index is 3.14. The molecule has 0 heterocycles. The van der Waals surface area contributed by atoms with Gasteiger partial charge in [-0.1, -0.05) is 0 Å². The summed E-state index contributed by atoms with van der Waals surface area (Å²) in [6.07, 6.45) is 1.14. The van der Waals surface area contributed by atoms with Crippen LogP contribution in [0.4, 0.5) is 0 Å². The van der Waals surface area contributed by atoms with E-state index in [1.54, 1.807) is 0 Å². The molecule has 0 radical (unpaired) electrons. The molecule has 1 unspecified atom stereocenters. The van der Waals surface area contributed by atoms with Gasteiger partial charge in [0.2, 0.25) is 0 Å². The van der Waals surface area contributed by atoms with E-state index in [9.17, 15) is 0 Å². The van der Waals surface area contributed by atoms with Crippen LogP contribution in [0.2, 0.25) is 4.47 Å². The summed E-state index contributed by atoms with van der Waals surface area (Å²) < 4.78 is 0.621. The molecule has 0 nitrogen and oxygen atoms in total. The zero-order valence-corrected chi connectivity index (χ0v) is 8.55. The Labute approximate surface area is 58.3 Å². The second-order valence-corrected chi connectivity index (χ2v) is 11.6. The van der Waals surface area contributed by atoms with Crippen LogP contribution in [0.1, 0.15) is 20.3 Å². The van der Waals surface area contributed by atoms with Crippen LogP contribution >= 0.6 is 19.3 Å². The molecule has 0 rings (SSSR count). The Morgan fingerprint density at radius 3 is 2.00 bits per heavy atom. The van der Waals surface area contributed by atoms with E-state index in [4.69, 9.17) is 19.3 Å². The third kappa shape index (κ3) is 3.77. The Hall–Kier alpha value is 1.22. The van der Waals surface area contributed by atoms with Crippen LogP contribution in [0.15, 0.2) is 0 Å². The van der Waals surface area contributed by atoms with Gasteiger partial charge in [-0.2, -0.15) is 0 Å². The third-order valence-electron chi connectivity index (χ3n) is 1.07. The standard InChI is InChI=1S/C4H9.2ClH.Ga/c1-3-4-2;;;/h3H,4H2,1-2H3;2*1H;/q;;;+2/p-2. The van der Waals surface area contributed by atoms with E-state index < -0.39 is 14.2 Å². The fraction of sp³-hybridized carbons (Fsp3) is 1.00. The average molecular weight is 198 g/mol.